The zero-order valence-corrected chi connectivity index (χ0v) is 12.0. The third-order valence-corrected chi connectivity index (χ3v) is 4.18. The number of amides is 1. The van der Waals surface area contributed by atoms with E-state index < -0.39 is 21.5 Å². The van der Waals surface area contributed by atoms with E-state index in [1.54, 1.807) is 0 Å². The third kappa shape index (κ3) is 3.41. The number of primary amides is 1. The van der Waals surface area contributed by atoms with E-state index in [9.17, 15) is 18.0 Å². The van der Waals surface area contributed by atoms with Crippen LogP contribution in [0.3, 0.4) is 0 Å². The Morgan fingerprint density at radius 1 is 1.29 bits per heavy atom. The van der Waals surface area contributed by atoms with Crippen LogP contribution >= 0.6 is 11.6 Å². The molecule has 110 valence electrons. The second kappa shape index (κ2) is 5.58. The first-order valence-electron chi connectivity index (χ1n) is 5.60. The monoisotopic (exact) mass is 327 g/mol. The van der Waals surface area contributed by atoms with E-state index in [1.165, 1.54) is 24.3 Å². The largest absolute Gasteiger partial charge is 0.366 e. The summed E-state index contributed by atoms with van der Waals surface area (Å²) in [5, 5.41) is -0.247. The molecule has 0 atom stereocenters. The lowest BCUT2D eigenvalue weighted by atomic mass is 10.2. The van der Waals surface area contributed by atoms with Gasteiger partial charge in [0, 0.05) is 17.4 Å². The molecule has 21 heavy (non-hydrogen) atoms. The molecule has 2 rings (SSSR count). The molecular weight excluding hydrogens is 318 g/mol. The number of benzene rings is 1. The van der Waals surface area contributed by atoms with Crippen molar-refractivity contribution in [2.75, 3.05) is 4.72 Å². The second-order valence-corrected chi connectivity index (χ2v) is 6.15. The van der Waals surface area contributed by atoms with Gasteiger partial charge < -0.3 is 10.7 Å². The summed E-state index contributed by atoms with van der Waals surface area (Å²) >= 11 is 5.59. The van der Waals surface area contributed by atoms with Crippen molar-refractivity contribution in [3.8, 4) is 0 Å². The molecule has 4 N–H and O–H groups in total. The number of carbonyl (C=O) groups is 1. The topological polar surface area (TPSA) is 122 Å². The Hall–Kier alpha value is -2.32. The number of H-pyrrole nitrogens is 1. The maximum absolute atomic E-state index is 12.1. The van der Waals surface area contributed by atoms with Gasteiger partial charge in [-0.25, -0.2) is 8.42 Å². The maximum atomic E-state index is 12.1. The van der Waals surface area contributed by atoms with Crippen LogP contribution in [0, 0.1) is 0 Å². The minimum atomic E-state index is -3.95. The normalized spacial score (nSPS) is 11.1. The van der Waals surface area contributed by atoms with Gasteiger partial charge in [-0.15, -0.1) is 0 Å². The van der Waals surface area contributed by atoms with Gasteiger partial charge in [-0.05, 0) is 24.3 Å². The van der Waals surface area contributed by atoms with E-state index in [4.69, 9.17) is 17.3 Å². The number of aromatic nitrogens is 1. The van der Waals surface area contributed by atoms with Crippen LogP contribution in [0.2, 0.25) is 5.02 Å². The van der Waals surface area contributed by atoms with E-state index in [0.29, 0.717) is 0 Å². The van der Waals surface area contributed by atoms with E-state index in [1.807, 2.05) is 0 Å². The van der Waals surface area contributed by atoms with Crippen molar-refractivity contribution in [1.29, 1.82) is 0 Å². The first-order chi connectivity index (χ1) is 9.79. The summed E-state index contributed by atoms with van der Waals surface area (Å²) in [5.74, 6) is -0.678. The van der Waals surface area contributed by atoms with Gasteiger partial charge in [-0.1, -0.05) is 17.7 Å². The van der Waals surface area contributed by atoms with Crippen molar-refractivity contribution in [2.45, 2.75) is 4.90 Å². The minimum absolute atomic E-state index is 0.161. The van der Waals surface area contributed by atoms with Crippen LogP contribution in [0.1, 0.15) is 10.4 Å². The van der Waals surface area contributed by atoms with Crippen molar-refractivity contribution < 1.29 is 13.2 Å². The molecule has 0 saturated carbocycles. The molecule has 0 unspecified atom stereocenters. The van der Waals surface area contributed by atoms with Crippen LogP contribution in [-0.2, 0) is 10.0 Å². The zero-order chi connectivity index (χ0) is 15.6. The van der Waals surface area contributed by atoms with Crippen molar-refractivity contribution in [2.24, 2.45) is 5.73 Å². The number of anilines is 1. The molecule has 1 amide bonds. The average molecular weight is 328 g/mol. The summed E-state index contributed by atoms with van der Waals surface area (Å²) in [7, 11) is -3.95. The number of carbonyl (C=O) groups excluding carboxylic acids is 1. The molecular formula is C12H10ClN3O4S. The van der Waals surface area contributed by atoms with Gasteiger partial charge in [0.1, 0.15) is 9.92 Å². The van der Waals surface area contributed by atoms with E-state index in [-0.39, 0.29) is 21.2 Å². The number of hydrogen-bond donors (Lipinski definition) is 3. The highest BCUT2D eigenvalue weighted by Crippen LogP contribution is 2.17. The molecule has 0 spiro atoms. The Bertz CT molecular complexity index is 861. The second-order valence-electron chi connectivity index (χ2n) is 4.06. The number of sulfonamides is 1. The lowest BCUT2D eigenvalue weighted by molar-refractivity contribution is 0.100. The lowest BCUT2D eigenvalue weighted by Crippen LogP contribution is -2.17. The predicted octanol–water partition coefficient (Wildman–Crippen LogP) is 0.928. The third-order valence-electron chi connectivity index (χ3n) is 2.54. The van der Waals surface area contributed by atoms with Crippen LogP contribution in [0.5, 0.6) is 0 Å². The number of nitrogens with one attached hydrogen (secondary N) is 2. The zero-order valence-electron chi connectivity index (χ0n) is 10.5. The van der Waals surface area contributed by atoms with Crippen molar-refractivity contribution in [3.63, 3.8) is 0 Å². The fourth-order valence-corrected chi connectivity index (χ4v) is 2.82. The molecule has 1 aromatic heterocycles. The molecule has 7 nitrogen and oxygen atoms in total. The molecule has 0 saturated heterocycles. The number of hydrogen-bond acceptors (Lipinski definition) is 4. The van der Waals surface area contributed by atoms with Gasteiger partial charge in [0.15, 0.2) is 0 Å². The summed E-state index contributed by atoms with van der Waals surface area (Å²) in [4.78, 5) is 24.2. The average Bonchev–Trinajstić information content (AvgIpc) is 2.41. The number of nitrogens with two attached hydrogens (primary N) is 1. The van der Waals surface area contributed by atoms with Gasteiger partial charge in [-0.3, -0.25) is 14.3 Å². The fraction of sp³-hybridized carbons (Fsp3) is 0. The summed E-state index contributed by atoms with van der Waals surface area (Å²) in [6, 6.07) is 6.72. The summed E-state index contributed by atoms with van der Waals surface area (Å²) in [5.41, 5.74) is 4.85. The number of halogens is 1. The van der Waals surface area contributed by atoms with E-state index in [0.717, 1.165) is 12.3 Å². The molecule has 0 fully saturated rings. The highest BCUT2D eigenvalue weighted by atomic mass is 35.5. The molecule has 0 aliphatic rings. The molecule has 2 aromatic rings. The Kier molecular flexibility index (Phi) is 4.01. The maximum Gasteiger partial charge on any atom is 0.266 e. The van der Waals surface area contributed by atoms with E-state index in [2.05, 4.69) is 9.71 Å². The number of rotatable bonds is 4. The minimum Gasteiger partial charge on any atom is -0.366 e. The first kappa shape index (κ1) is 15.1. The molecule has 0 radical (unpaired) electrons. The molecule has 0 bridgehead atoms. The highest BCUT2D eigenvalue weighted by Gasteiger charge is 2.16. The summed E-state index contributed by atoms with van der Waals surface area (Å²) < 4.78 is 26.5. The van der Waals surface area contributed by atoms with Gasteiger partial charge in [0.05, 0.1) is 0 Å². The van der Waals surface area contributed by atoms with Gasteiger partial charge in [-0.2, -0.15) is 0 Å². The summed E-state index contributed by atoms with van der Waals surface area (Å²) in [6.07, 6.45) is 1.02. The predicted molar refractivity (Wildman–Crippen MR) is 77.8 cm³/mol. The summed E-state index contributed by atoms with van der Waals surface area (Å²) in [6.45, 7) is 0. The SMILES string of the molecule is NC(=O)c1cccc(NS(=O)(=O)c2c[nH]c(=O)c(Cl)c2)c1. The van der Waals surface area contributed by atoms with Crippen LogP contribution < -0.4 is 16.0 Å². The smallest absolute Gasteiger partial charge is 0.266 e. The van der Waals surface area contributed by atoms with Crippen LogP contribution in [0.15, 0.2) is 46.2 Å². The number of aromatic amines is 1. The van der Waals surface area contributed by atoms with Crippen molar-refractivity contribution in [1.82, 2.24) is 4.98 Å². The quantitative estimate of drug-likeness (QED) is 0.773. The highest BCUT2D eigenvalue weighted by molar-refractivity contribution is 7.92. The lowest BCUT2D eigenvalue weighted by Gasteiger charge is -2.08. The van der Waals surface area contributed by atoms with Gasteiger partial charge in [0.2, 0.25) is 5.91 Å². The Balaban J connectivity index is 2.37. The Morgan fingerprint density at radius 2 is 2.00 bits per heavy atom. The Morgan fingerprint density at radius 3 is 2.62 bits per heavy atom. The van der Waals surface area contributed by atoms with Gasteiger partial charge >= 0.3 is 0 Å². The van der Waals surface area contributed by atoms with Crippen LogP contribution in [0.25, 0.3) is 0 Å². The molecule has 0 aliphatic heterocycles. The molecule has 1 heterocycles. The molecule has 9 heteroatoms. The standard InChI is InChI=1S/C12H10ClN3O4S/c13-10-5-9(6-15-12(10)18)21(19,20)16-8-3-1-2-7(4-8)11(14)17/h1-6,16H,(H2,14,17)(H,15,18). The number of pyridine rings is 1. The van der Waals surface area contributed by atoms with Gasteiger partial charge in [0.25, 0.3) is 15.6 Å². The molecule has 1 aromatic carbocycles. The van der Waals surface area contributed by atoms with Crippen molar-refractivity contribution >= 4 is 33.2 Å². The molecule has 0 aliphatic carbocycles. The Labute approximate surface area is 124 Å². The van der Waals surface area contributed by atoms with Crippen molar-refractivity contribution in [3.05, 3.63) is 57.5 Å². The van der Waals surface area contributed by atoms with Crippen LogP contribution in [-0.4, -0.2) is 19.3 Å². The van der Waals surface area contributed by atoms with Crippen LogP contribution in [0.4, 0.5) is 5.69 Å². The first-order valence-corrected chi connectivity index (χ1v) is 7.46. The van der Waals surface area contributed by atoms with E-state index >= 15 is 0 Å². The fourth-order valence-electron chi connectivity index (χ4n) is 1.54.